The summed E-state index contributed by atoms with van der Waals surface area (Å²) in [7, 11) is 0. The Morgan fingerprint density at radius 3 is 2.07 bits per heavy atom. The Kier molecular flexibility index (Phi) is 9.24. The maximum atomic E-state index is 10.5. The average molecular weight is 211 g/mol. The number of carbonyl (C=O) groups is 1. The maximum Gasteiger partial charge on any atom is 0.217 e. The van der Waals surface area contributed by atoms with Crippen molar-refractivity contribution in [2.75, 3.05) is 0 Å². The predicted octanol–water partition coefficient (Wildman–Crippen LogP) is 3.56. The summed E-state index contributed by atoms with van der Waals surface area (Å²) in [5.74, 6) is -0.191. The maximum absolute atomic E-state index is 10.5. The zero-order valence-electron chi connectivity index (χ0n) is 10.1. The molecule has 2 nitrogen and oxygen atoms in total. The second-order valence-electron chi connectivity index (χ2n) is 4.23. The van der Waals surface area contributed by atoms with E-state index in [-0.39, 0.29) is 5.91 Å². The van der Waals surface area contributed by atoms with E-state index in [4.69, 9.17) is 5.73 Å². The second kappa shape index (κ2) is 9.75. The van der Waals surface area contributed by atoms with Gasteiger partial charge in [0.15, 0.2) is 0 Å². The van der Waals surface area contributed by atoms with Gasteiger partial charge in [0, 0.05) is 6.42 Å². The fourth-order valence-electron chi connectivity index (χ4n) is 1.60. The molecule has 2 N–H and O–H groups in total. The number of hydrogen-bond acceptors (Lipinski definition) is 1. The quantitative estimate of drug-likeness (QED) is 0.436. The first-order valence-corrected chi connectivity index (χ1v) is 6.11. The van der Waals surface area contributed by atoms with Gasteiger partial charge in [-0.05, 0) is 32.1 Å². The lowest BCUT2D eigenvalue weighted by Gasteiger charge is -2.04. The van der Waals surface area contributed by atoms with E-state index in [0.29, 0.717) is 6.42 Å². The molecule has 0 radical (unpaired) electrons. The summed E-state index contributed by atoms with van der Waals surface area (Å²) in [6.07, 6.45) is 9.87. The van der Waals surface area contributed by atoms with Gasteiger partial charge in [-0.15, -0.1) is 0 Å². The Morgan fingerprint density at radius 2 is 1.53 bits per heavy atom. The Bertz CT molecular complexity index is 187. The van der Waals surface area contributed by atoms with Crippen LogP contribution < -0.4 is 5.73 Å². The minimum Gasteiger partial charge on any atom is -0.370 e. The van der Waals surface area contributed by atoms with Crippen molar-refractivity contribution >= 4 is 5.91 Å². The molecule has 0 rings (SSSR count). The molecule has 88 valence electrons. The highest BCUT2D eigenvalue weighted by atomic mass is 16.1. The van der Waals surface area contributed by atoms with Crippen LogP contribution in [0.5, 0.6) is 0 Å². The van der Waals surface area contributed by atoms with Crippen molar-refractivity contribution in [2.45, 2.75) is 64.7 Å². The Morgan fingerprint density at radius 1 is 1.00 bits per heavy atom. The largest absolute Gasteiger partial charge is 0.370 e. The van der Waals surface area contributed by atoms with Crippen molar-refractivity contribution in [2.24, 2.45) is 5.73 Å². The minimum atomic E-state index is -0.191. The van der Waals surface area contributed by atoms with Crippen molar-refractivity contribution in [3.8, 4) is 0 Å². The van der Waals surface area contributed by atoms with Crippen LogP contribution in [0.2, 0.25) is 0 Å². The molecule has 0 saturated heterocycles. The van der Waals surface area contributed by atoms with Gasteiger partial charge in [-0.1, -0.05) is 38.3 Å². The fraction of sp³-hybridized carbons (Fsp3) is 0.769. The molecular formula is C13H25NO. The summed E-state index contributed by atoms with van der Waals surface area (Å²) >= 11 is 0. The molecule has 0 saturated carbocycles. The van der Waals surface area contributed by atoms with Crippen LogP contribution in [-0.4, -0.2) is 5.91 Å². The molecule has 0 bridgehead atoms. The van der Waals surface area contributed by atoms with Crippen molar-refractivity contribution in [1.82, 2.24) is 0 Å². The molecule has 0 heterocycles. The summed E-state index contributed by atoms with van der Waals surface area (Å²) < 4.78 is 0. The zero-order valence-corrected chi connectivity index (χ0v) is 10.1. The molecule has 0 unspecified atom stereocenters. The third-order valence-corrected chi connectivity index (χ3v) is 2.59. The third kappa shape index (κ3) is 11.1. The standard InChI is InChI=1S/C13H25NO/c1-3-4-5-6-9-12(2)10-7-8-11-13(14)15/h2-11H2,1H3,(H2,14,15). The predicted molar refractivity (Wildman–Crippen MR) is 65.6 cm³/mol. The molecule has 15 heavy (non-hydrogen) atoms. The van der Waals surface area contributed by atoms with Crippen molar-refractivity contribution < 1.29 is 4.79 Å². The molecule has 0 atom stereocenters. The van der Waals surface area contributed by atoms with Gasteiger partial charge in [-0.25, -0.2) is 0 Å². The molecular weight excluding hydrogens is 186 g/mol. The van der Waals surface area contributed by atoms with Crippen LogP contribution in [0.3, 0.4) is 0 Å². The molecule has 0 aromatic heterocycles. The van der Waals surface area contributed by atoms with E-state index in [1.807, 2.05) is 0 Å². The Labute approximate surface area is 93.9 Å². The monoisotopic (exact) mass is 211 g/mol. The van der Waals surface area contributed by atoms with E-state index in [1.54, 1.807) is 0 Å². The number of carbonyl (C=O) groups excluding carboxylic acids is 1. The number of nitrogens with two attached hydrogens (primary N) is 1. The molecule has 2 heteroatoms. The van der Waals surface area contributed by atoms with Crippen LogP contribution in [0.4, 0.5) is 0 Å². The summed E-state index contributed by atoms with van der Waals surface area (Å²) in [6.45, 7) is 6.27. The molecule has 0 aromatic rings. The van der Waals surface area contributed by atoms with Gasteiger partial charge in [0.2, 0.25) is 5.91 Å². The van der Waals surface area contributed by atoms with E-state index >= 15 is 0 Å². The number of primary amides is 1. The number of amides is 1. The molecule has 0 aliphatic heterocycles. The smallest absolute Gasteiger partial charge is 0.217 e. The van der Waals surface area contributed by atoms with Crippen LogP contribution in [0.25, 0.3) is 0 Å². The Hall–Kier alpha value is -0.790. The van der Waals surface area contributed by atoms with Gasteiger partial charge in [0.05, 0.1) is 0 Å². The van der Waals surface area contributed by atoms with Crippen LogP contribution in [-0.2, 0) is 4.79 Å². The Balaban J connectivity index is 3.22. The average Bonchev–Trinajstić information content (AvgIpc) is 2.19. The van der Waals surface area contributed by atoms with Crippen molar-refractivity contribution in [1.29, 1.82) is 0 Å². The van der Waals surface area contributed by atoms with Crippen LogP contribution in [0.15, 0.2) is 12.2 Å². The van der Waals surface area contributed by atoms with Crippen molar-refractivity contribution in [3.63, 3.8) is 0 Å². The first kappa shape index (κ1) is 14.2. The number of allylic oxidation sites excluding steroid dienone is 1. The normalized spacial score (nSPS) is 10.2. The van der Waals surface area contributed by atoms with E-state index in [0.717, 1.165) is 25.7 Å². The van der Waals surface area contributed by atoms with Gasteiger partial charge in [0.1, 0.15) is 0 Å². The number of hydrogen-bond donors (Lipinski definition) is 1. The van der Waals surface area contributed by atoms with E-state index in [2.05, 4.69) is 13.5 Å². The summed E-state index contributed by atoms with van der Waals surface area (Å²) in [6, 6.07) is 0. The molecule has 0 aliphatic carbocycles. The summed E-state index contributed by atoms with van der Waals surface area (Å²) in [5, 5.41) is 0. The third-order valence-electron chi connectivity index (χ3n) is 2.59. The first-order chi connectivity index (χ1) is 7.16. The molecule has 0 aliphatic rings. The minimum absolute atomic E-state index is 0.191. The van der Waals surface area contributed by atoms with Crippen LogP contribution >= 0.6 is 0 Å². The van der Waals surface area contributed by atoms with Gasteiger partial charge < -0.3 is 5.73 Å². The van der Waals surface area contributed by atoms with Crippen molar-refractivity contribution in [3.05, 3.63) is 12.2 Å². The highest BCUT2D eigenvalue weighted by Gasteiger charge is 1.97. The summed E-state index contributed by atoms with van der Waals surface area (Å²) in [5.41, 5.74) is 6.39. The summed E-state index contributed by atoms with van der Waals surface area (Å²) in [4.78, 5) is 10.5. The fourth-order valence-corrected chi connectivity index (χ4v) is 1.60. The molecule has 0 spiro atoms. The van der Waals surface area contributed by atoms with E-state index in [9.17, 15) is 4.79 Å². The topological polar surface area (TPSA) is 43.1 Å². The SMILES string of the molecule is C=C(CCCCCC)CCCCC(N)=O. The lowest BCUT2D eigenvalue weighted by molar-refractivity contribution is -0.118. The van der Waals surface area contributed by atoms with Crippen LogP contribution in [0.1, 0.15) is 64.7 Å². The molecule has 0 aromatic carbocycles. The van der Waals surface area contributed by atoms with Gasteiger partial charge in [-0.2, -0.15) is 0 Å². The van der Waals surface area contributed by atoms with Gasteiger partial charge in [-0.3, -0.25) is 4.79 Å². The molecule has 1 amide bonds. The van der Waals surface area contributed by atoms with E-state index < -0.39 is 0 Å². The number of unbranched alkanes of at least 4 members (excludes halogenated alkanes) is 4. The highest BCUT2D eigenvalue weighted by molar-refractivity contribution is 5.73. The van der Waals surface area contributed by atoms with Gasteiger partial charge in [0.25, 0.3) is 0 Å². The van der Waals surface area contributed by atoms with Crippen LogP contribution in [0, 0.1) is 0 Å². The first-order valence-electron chi connectivity index (χ1n) is 6.11. The second-order valence-corrected chi connectivity index (χ2v) is 4.23. The zero-order chi connectivity index (χ0) is 11.5. The number of rotatable bonds is 10. The lowest BCUT2D eigenvalue weighted by Crippen LogP contribution is -2.09. The van der Waals surface area contributed by atoms with E-state index in [1.165, 1.54) is 31.3 Å². The molecule has 0 fully saturated rings. The lowest BCUT2D eigenvalue weighted by atomic mass is 10.0. The highest BCUT2D eigenvalue weighted by Crippen LogP contribution is 2.14. The van der Waals surface area contributed by atoms with Gasteiger partial charge >= 0.3 is 0 Å².